The molecule has 0 saturated carbocycles. The third-order valence-corrected chi connectivity index (χ3v) is 5.88. The van der Waals surface area contributed by atoms with E-state index in [1.165, 1.54) is 18.2 Å². The topological polar surface area (TPSA) is 76.3 Å². The Hall–Kier alpha value is -4.48. The molecule has 5 rings (SSSR count). The lowest BCUT2D eigenvalue weighted by atomic mass is 10.0. The molecular weight excluding hydrogens is 460 g/mol. The minimum absolute atomic E-state index is 0.113. The third kappa shape index (κ3) is 4.57. The van der Waals surface area contributed by atoms with Crippen molar-refractivity contribution in [3.05, 3.63) is 89.6 Å². The van der Waals surface area contributed by atoms with Crippen molar-refractivity contribution in [1.29, 1.82) is 0 Å². The van der Waals surface area contributed by atoms with Gasteiger partial charge in [-0.25, -0.2) is 18.7 Å². The first-order valence-corrected chi connectivity index (χ1v) is 11.4. The molecule has 180 valence electrons. The second-order valence-electron chi connectivity index (χ2n) is 8.13. The van der Waals surface area contributed by atoms with Gasteiger partial charge in [-0.15, -0.1) is 0 Å². The molecule has 0 spiro atoms. The van der Waals surface area contributed by atoms with Crippen molar-refractivity contribution >= 4 is 23.0 Å². The number of halogens is 2. The van der Waals surface area contributed by atoms with Crippen LogP contribution in [0.3, 0.4) is 0 Å². The molecule has 0 unspecified atom stereocenters. The molecule has 0 bridgehead atoms. The Bertz CT molecular complexity index is 1480. The normalized spacial score (nSPS) is 12.1. The van der Waals surface area contributed by atoms with Crippen LogP contribution in [-0.4, -0.2) is 30.2 Å². The smallest absolute Gasteiger partial charge is 0.227 e. The average Bonchev–Trinajstić information content (AvgIpc) is 3.04. The van der Waals surface area contributed by atoms with E-state index in [1.54, 1.807) is 18.2 Å². The molecule has 0 aliphatic carbocycles. The van der Waals surface area contributed by atoms with E-state index in [0.29, 0.717) is 41.6 Å². The van der Waals surface area contributed by atoms with E-state index < -0.39 is 11.6 Å². The van der Waals surface area contributed by atoms with E-state index in [4.69, 9.17) is 15.5 Å². The predicted octanol–water partition coefficient (Wildman–Crippen LogP) is 5.18. The molecule has 6 nitrogen and oxygen atoms in total. The number of fused-ring (bicyclic) bond motifs is 3. The number of ether oxygens (including phenoxy) is 1. The van der Waals surface area contributed by atoms with Gasteiger partial charge >= 0.3 is 0 Å². The van der Waals surface area contributed by atoms with Crippen LogP contribution in [0.2, 0.25) is 0 Å². The molecule has 3 N–H and O–H groups in total. The van der Waals surface area contributed by atoms with Crippen LogP contribution in [0.5, 0.6) is 5.75 Å². The van der Waals surface area contributed by atoms with Crippen LogP contribution in [-0.2, 0) is 6.42 Å². The van der Waals surface area contributed by atoms with Crippen LogP contribution >= 0.6 is 0 Å². The molecule has 8 heteroatoms. The molecule has 3 aromatic carbocycles. The summed E-state index contributed by atoms with van der Waals surface area (Å²) in [5.41, 5.74) is 9.77. The summed E-state index contributed by atoms with van der Waals surface area (Å²) in [5, 5.41) is 3.21. The zero-order valence-electron chi connectivity index (χ0n) is 19.6. The lowest BCUT2D eigenvalue weighted by Crippen LogP contribution is -2.22. The fraction of sp³-hybridized carbons (Fsp3) is 0.143. The number of anilines is 4. The van der Waals surface area contributed by atoms with Gasteiger partial charge in [-0.05, 0) is 54.4 Å². The molecule has 1 aliphatic rings. The summed E-state index contributed by atoms with van der Waals surface area (Å²) in [6.07, 6.45) is 2.24. The summed E-state index contributed by atoms with van der Waals surface area (Å²) in [5.74, 6) is 5.66. The largest absolute Gasteiger partial charge is 0.497 e. The Morgan fingerprint density at radius 2 is 1.89 bits per heavy atom. The van der Waals surface area contributed by atoms with E-state index in [0.717, 1.165) is 16.8 Å². The van der Waals surface area contributed by atoms with Gasteiger partial charge < -0.3 is 20.7 Å². The number of methoxy groups -OCH3 is 1. The number of hydrogen-bond donors (Lipinski definition) is 2. The Labute approximate surface area is 207 Å². The average molecular weight is 484 g/mol. The van der Waals surface area contributed by atoms with Gasteiger partial charge in [-0.2, -0.15) is 0 Å². The number of aromatic nitrogens is 2. The van der Waals surface area contributed by atoms with Gasteiger partial charge in [0.1, 0.15) is 23.1 Å². The molecule has 2 heterocycles. The maximum Gasteiger partial charge on any atom is 0.227 e. The van der Waals surface area contributed by atoms with Crippen LogP contribution in [0.1, 0.15) is 11.1 Å². The minimum atomic E-state index is -0.642. The number of hydrogen-bond acceptors (Lipinski definition) is 6. The quantitative estimate of drug-likeness (QED) is 0.390. The minimum Gasteiger partial charge on any atom is -0.497 e. The molecule has 0 saturated heterocycles. The van der Waals surface area contributed by atoms with E-state index >= 15 is 0 Å². The van der Waals surface area contributed by atoms with Gasteiger partial charge in [0, 0.05) is 35.6 Å². The SMILES string of the molecule is COc1cccc(Nc2ncc3c(n2)-c2ccc(C#CCN)cc2N(c2c(F)cccc2F)CC3)c1. The number of rotatable bonds is 4. The first kappa shape index (κ1) is 23.3. The van der Waals surface area contributed by atoms with Crippen molar-refractivity contribution in [3.8, 4) is 28.8 Å². The van der Waals surface area contributed by atoms with Crippen LogP contribution in [0, 0.1) is 23.5 Å². The van der Waals surface area contributed by atoms with Crippen LogP contribution < -0.4 is 20.7 Å². The lowest BCUT2D eigenvalue weighted by molar-refractivity contribution is 0.415. The van der Waals surface area contributed by atoms with Gasteiger partial charge in [0.25, 0.3) is 0 Å². The van der Waals surface area contributed by atoms with Crippen molar-refractivity contribution in [1.82, 2.24) is 9.97 Å². The second kappa shape index (κ2) is 10.0. The maximum absolute atomic E-state index is 14.9. The maximum atomic E-state index is 14.9. The van der Waals surface area contributed by atoms with E-state index in [1.807, 2.05) is 42.5 Å². The third-order valence-electron chi connectivity index (χ3n) is 5.88. The molecule has 4 aromatic rings. The monoisotopic (exact) mass is 483 g/mol. The Balaban J connectivity index is 1.63. The Morgan fingerprint density at radius 3 is 2.67 bits per heavy atom. The summed E-state index contributed by atoms with van der Waals surface area (Å²) in [7, 11) is 1.60. The van der Waals surface area contributed by atoms with Crippen molar-refractivity contribution in [3.63, 3.8) is 0 Å². The molecule has 36 heavy (non-hydrogen) atoms. The van der Waals surface area contributed by atoms with E-state index in [9.17, 15) is 8.78 Å². The van der Waals surface area contributed by atoms with Gasteiger partial charge in [-0.3, -0.25) is 0 Å². The Kier molecular flexibility index (Phi) is 6.48. The molecule has 0 radical (unpaired) electrons. The van der Waals surface area contributed by atoms with E-state index in [2.05, 4.69) is 22.1 Å². The number of nitrogens with zero attached hydrogens (tertiary/aromatic N) is 3. The summed E-state index contributed by atoms with van der Waals surface area (Å²) >= 11 is 0. The van der Waals surface area contributed by atoms with Crippen molar-refractivity contribution < 1.29 is 13.5 Å². The first-order valence-electron chi connectivity index (χ1n) is 11.4. The van der Waals surface area contributed by atoms with E-state index in [-0.39, 0.29) is 12.2 Å². The molecule has 1 aliphatic heterocycles. The zero-order valence-corrected chi connectivity index (χ0v) is 19.6. The van der Waals surface area contributed by atoms with Crippen molar-refractivity contribution in [2.75, 3.05) is 30.4 Å². The number of nitrogens with one attached hydrogen (secondary N) is 1. The number of benzene rings is 3. The molecule has 0 amide bonds. The molecular formula is C28H23F2N5O. The highest BCUT2D eigenvalue weighted by molar-refractivity contribution is 5.85. The van der Waals surface area contributed by atoms with Crippen molar-refractivity contribution in [2.24, 2.45) is 5.73 Å². The summed E-state index contributed by atoms with van der Waals surface area (Å²) < 4.78 is 35.1. The lowest BCUT2D eigenvalue weighted by Gasteiger charge is -2.26. The van der Waals surface area contributed by atoms with Crippen LogP contribution in [0.25, 0.3) is 11.3 Å². The van der Waals surface area contributed by atoms with Gasteiger partial charge in [-0.1, -0.05) is 24.0 Å². The van der Waals surface area contributed by atoms with Gasteiger partial charge in [0.2, 0.25) is 5.95 Å². The highest BCUT2D eigenvalue weighted by Crippen LogP contribution is 2.41. The highest BCUT2D eigenvalue weighted by Gasteiger charge is 2.26. The van der Waals surface area contributed by atoms with Crippen LogP contribution in [0.15, 0.2) is 66.9 Å². The van der Waals surface area contributed by atoms with Gasteiger partial charge in [0.15, 0.2) is 0 Å². The number of nitrogens with two attached hydrogens (primary N) is 1. The van der Waals surface area contributed by atoms with Crippen LogP contribution in [0.4, 0.5) is 31.8 Å². The summed E-state index contributed by atoms with van der Waals surface area (Å²) in [6, 6.07) is 16.8. The second-order valence-corrected chi connectivity index (χ2v) is 8.13. The zero-order chi connectivity index (χ0) is 25.1. The predicted molar refractivity (Wildman–Crippen MR) is 137 cm³/mol. The Morgan fingerprint density at radius 1 is 1.08 bits per heavy atom. The molecule has 1 aromatic heterocycles. The molecule has 0 atom stereocenters. The summed E-state index contributed by atoms with van der Waals surface area (Å²) in [6.45, 7) is 0.537. The fourth-order valence-electron chi connectivity index (χ4n) is 4.23. The summed E-state index contributed by atoms with van der Waals surface area (Å²) in [4.78, 5) is 10.9. The van der Waals surface area contributed by atoms with Crippen molar-refractivity contribution in [2.45, 2.75) is 6.42 Å². The number of para-hydroxylation sites is 1. The fourth-order valence-corrected chi connectivity index (χ4v) is 4.23. The standard InChI is InChI=1S/C28H23F2N5O/c1-36-21-7-2-6-20(16-21)33-28-32-17-19-12-14-35(27-23(29)8-3-9-24(27)30)25-15-18(5-4-13-31)10-11-22(25)26(19)34-28/h2-3,6-11,15-17H,12-14,31H2,1H3,(H,32,33,34). The highest BCUT2D eigenvalue weighted by atomic mass is 19.1. The van der Waals surface area contributed by atoms with Gasteiger partial charge in [0.05, 0.1) is 25.0 Å². The molecule has 0 fully saturated rings. The first-order chi connectivity index (χ1) is 17.6.